The highest BCUT2D eigenvalue weighted by atomic mass is 33.1. The number of carboxylic acids is 1. The largest absolute Gasteiger partial charge is 0.480 e. The number of hydrogen-bond donors (Lipinski definition) is 3. The van der Waals surface area contributed by atoms with Crippen LogP contribution in [0.1, 0.15) is 0 Å². The van der Waals surface area contributed by atoms with Crippen molar-refractivity contribution in [3.8, 4) is 0 Å². The van der Waals surface area contributed by atoms with E-state index in [2.05, 4.69) is 4.98 Å². The predicted octanol–water partition coefficient (Wildman–Crippen LogP) is 1.16. The van der Waals surface area contributed by atoms with Crippen molar-refractivity contribution in [2.24, 2.45) is 0 Å². The minimum absolute atomic E-state index is 0.0320. The van der Waals surface area contributed by atoms with Crippen molar-refractivity contribution in [2.45, 2.75) is 11.1 Å². The summed E-state index contributed by atoms with van der Waals surface area (Å²) in [4.78, 5) is 24.5. The Morgan fingerprint density at radius 3 is 2.94 bits per heavy atom. The second kappa shape index (κ2) is 7.16. The fourth-order valence-corrected chi connectivity index (χ4v) is 3.10. The van der Waals surface area contributed by atoms with Gasteiger partial charge < -0.3 is 10.3 Å². The lowest BCUT2D eigenvalue weighted by molar-refractivity contribution is -0.388. The summed E-state index contributed by atoms with van der Waals surface area (Å²) < 4.78 is 0. The lowest BCUT2D eigenvalue weighted by Gasteiger charge is -2.08. The molecule has 1 aromatic rings. The molecule has 1 rings (SSSR count). The lowest BCUT2D eigenvalue weighted by atomic mass is 10.4. The Bertz CT molecular complexity index is 444. The van der Waals surface area contributed by atoms with Crippen LogP contribution in [0.2, 0.25) is 0 Å². The number of nitro groups is 1. The first kappa shape index (κ1) is 14.7. The Morgan fingerprint density at radius 2 is 2.39 bits per heavy atom. The third kappa shape index (κ3) is 4.14. The zero-order valence-electron chi connectivity index (χ0n) is 8.85. The Labute approximate surface area is 109 Å². The molecule has 1 atom stereocenters. The number of nitrogens with one attached hydrogen (secondary N) is 1. The third-order valence-electron chi connectivity index (χ3n) is 1.77. The first-order chi connectivity index (χ1) is 8.56. The third-order valence-corrected chi connectivity index (χ3v) is 4.07. The number of carbonyl (C=O) groups is 1. The van der Waals surface area contributed by atoms with Crippen molar-refractivity contribution in [3.05, 3.63) is 28.4 Å². The highest BCUT2D eigenvalue weighted by Gasteiger charge is 2.19. The molecule has 1 unspecified atom stereocenters. The van der Waals surface area contributed by atoms with Gasteiger partial charge in [-0.3, -0.25) is 14.9 Å². The van der Waals surface area contributed by atoms with Gasteiger partial charge in [-0.2, -0.15) is 5.48 Å². The normalized spacial score (nSPS) is 12.1. The SMILES string of the molecule is O=C(O)C(CSSc1ncccc1[N+](=O)[O-])NO. The van der Waals surface area contributed by atoms with Crippen LogP contribution in [0.3, 0.4) is 0 Å². The van der Waals surface area contributed by atoms with Crippen LogP contribution in [0, 0.1) is 10.1 Å². The molecule has 0 aliphatic rings. The summed E-state index contributed by atoms with van der Waals surface area (Å²) in [5, 5.41) is 28.1. The number of hydroxylamine groups is 1. The second-order valence-electron chi connectivity index (χ2n) is 2.97. The average Bonchev–Trinajstić information content (AvgIpc) is 2.34. The van der Waals surface area contributed by atoms with E-state index in [-0.39, 0.29) is 16.5 Å². The number of aliphatic carboxylic acids is 1. The minimum atomic E-state index is -1.21. The highest BCUT2D eigenvalue weighted by Crippen LogP contribution is 2.35. The Hall–Kier alpha value is -1.36. The molecule has 1 heterocycles. The summed E-state index contributed by atoms with van der Waals surface area (Å²) in [5.41, 5.74) is 1.50. The number of aromatic nitrogens is 1. The highest BCUT2D eigenvalue weighted by molar-refractivity contribution is 8.76. The van der Waals surface area contributed by atoms with Crippen molar-refractivity contribution in [1.29, 1.82) is 0 Å². The number of carboxylic acid groups (broad SMARTS) is 1. The van der Waals surface area contributed by atoms with E-state index in [0.29, 0.717) is 0 Å². The van der Waals surface area contributed by atoms with E-state index in [1.54, 1.807) is 5.48 Å². The molecule has 0 aliphatic heterocycles. The van der Waals surface area contributed by atoms with Gasteiger partial charge in [0.25, 0.3) is 0 Å². The molecule has 98 valence electrons. The maximum Gasteiger partial charge on any atom is 0.323 e. The van der Waals surface area contributed by atoms with Crippen LogP contribution < -0.4 is 5.48 Å². The zero-order valence-corrected chi connectivity index (χ0v) is 10.5. The molecule has 0 aromatic carbocycles. The van der Waals surface area contributed by atoms with E-state index >= 15 is 0 Å². The summed E-state index contributed by atoms with van der Waals surface area (Å²) in [6.07, 6.45) is 1.41. The molecule has 1 aromatic heterocycles. The van der Waals surface area contributed by atoms with Gasteiger partial charge in [-0.05, 0) is 16.9 Å². The van der Waals surface area contributed by atoms with Gasteiger partial charge in [0, 0.05) is 18.0 Å². The summed E-state index contributed by atoms with van der Waals surface area (Å²) in [6.45, 7) is 0. The summed E-state index contributed by atoms with van der Waals surface area (Å²) in [6, 6.07) is 1.63. The topological polar surface area (TPSA) is 126 Å². The standard InChI is InChI=1S/C8H9N3O5S2/c12-8(13)5(10-14)4-17-18-7-6(11(15)16)2-1-3-9-7/h1-3,5,10,14H,4H2,(H,12,13). The smallest absolute Gasteiger partial charge is 0.323 e. The first-order valence-electron chi connectivity index (χ1n) is 4.57. The maximum atomic E-state index is 10.7. The molecular weight excluding hydrogens is 282 g/mol. The molecule has 0 saturated heterocycles. The quantitative estimate of drug-likeness (QED) is 0.385. The molecule has 0 spiro atoms. The van der Waals surface area contributed by atoms with Crippen LogP contribution in [0.15, 0.2) is 23.4 Å². The van der Waals surface area contributed by atoms with Gasteiger partial charge in [0.1, 0.15) is 6.04 Å². The molecule has 10 heteroatoms. The number of rotatable bonds is 7. The molecule has 0 radical (unpaired) electrons. The van der Waals surface area contributed by atoms with Crippen LogP contribution in [-0.4, -0.2) is 38.0 Å². The fourth-order valence-electron chi connectivity index (χ4n) is 0.907. The van der Waals surface area contributed by atoms with Crippen molar-refractivity contribution in [1.82, 2.24) is 10.5 Å². The lowest BCUT2D eigenvalue weighted by Crippen LogP contribution is -2.36. The van der Waals surface area contributed by atoms with Crippen LogP contribution in [0.4, 0.5) is 5.69 Å². The Kier molecular flexibility index (Phi) is 5.85. The molecule has 3 N–H and O–H groups in total. The molecule has 0 bridgehead atoms. The maximum absolute atomic E-state index is 10.7. The monoisotopic (exact) mass is 291 g/mol. The summed E-state index contributed by atoms with van der Waals surface area (Å²) in [7, 11) is 2.03. The van der Waals surface area contributed by atoms with Crippen molar-refractivity contribution in [2.75, 3.05) is 5.75 Å². The van der Waals surface area contributed by atoms with Gasteiger partial charge in [-0.25, -0.2) is 4.98 Å². The Balaban J connectivity index is 2.59. The molecule has 18 heavy (non-hydrogen) atoms. The molecular formula is C8H9N3O5S2. The minimum Gasteiger partial charge on any atom is -0.480 e. The van der Waals surface area contributed by atoms with E-state index in [4.69, 9.17) is 10.3 Å². The zero-order chi connectivity index (χ0) is 13.5. The van der Waals surface area contributed by atoms with Gasteiger partial charge in [0.05, 0.1) is 4.92 Å². The van der Waals surface area contributed by atoms with Crippen molar-refractivity contribution < 1.29 is 20.0 Å². The van der Waals surface area contributed by atoms with Crippen molar-refractivity contribution >= 4 is 33.2 Å². The van der Waals surface area contributed by atoms with Gasteiger partial charge in [0.15, 0.2) is 5.03 Å². The van der Waals surface area contributed by atoms with Crippen LogP contribution >= 0.6 is 21.6 Å². The number of pyridine rings is 1. The van der Waals surface area contributed by atoms with Gasteiger partial charge >= 0.3 is 11.7 Å². The molecule has 0 fully saturated rings. The van der Waals surface area contributed by atoms with Crippen LogP contribution in [0.5, 0.6) is 0 Å². The predicted molar refractivity (Wildman–Crippen MR) is 65.6 cm³/mol. The first-order valence-corrected chi connectivity index (χ1v) is 6.89. The Morgan fingerprint density at radius 1 is 1.67 bits per heavy atom. The van der Waals surface area contributed by atoms with Gasteiger partial charge in [0.2, 0.25) is 0 Å². The van der Waals surface area contributed by atoms with Gasteiger partial charge in [-0.1, -0.05) is 10.8 Å². The molecule has 0 amide bonds. The van der Waals surface area contributed by atoms with E-state index in [0.717, 1.165) is 21.6 Å². The summed E-state index contributed by atoms with van der Waals surface area (Å²) >= 11 is 0. The van der Waals surface area contributed by atoms with E-state index < -0.39 is 16.9 Å². The van der Waals surface area contributed by atoms with Crippen LogP contribution in [-0.2, 0) is 4.79 Å². The van der Waals surface area contributed by atoms with Crippen LogP contribution in [0.25, 0.3) is 0 Å². The van der Waals surface area contributed by atoms with E-state index in [1.165, 1.54) is 18.3 Å². The van der Waals surface area contributed by atoms with Gasteiger partial charge in [-0.15, -0.1) is 0 Å². The molecule has 0 aliphatic carbocycles. The van der Waals surface area contributed by atoms with Crippen molar-refractivity contribution in [3.63, 3.8) is 0 Å². The second-order valence-corrected chi connectivity index (χ2v) is 5.30. The average molecular weight is 291 g/mol. The summed E-state index contributed by atoms with van der Waals surface area (Å²) in [5.74, 6) is -1.18. The molecule has 0 saturated carbocycles. The number of hydrogen-bond acceptors (Lipinski definition) is 8. The molecule has 8 nitrogen and oxygen atoms in total. The van der Waals surface area contributed by atoms with E-state index in [1.807, 2.05) is 0 Å². The fraction of sp³-hybridized carbons (Fsp3) is 0.250. The van der Waals surface area contributed by atoms with E-state index in [9.17, 15) is 14.9 Å². The number of nitrogens with zero attached hydrogens (tertiary/aromatic N) is 2.